The van der Waals surface area contributed by atoms with E-state index < -0.39 is 41.2 Å². The monoisotopic (exact) mass is 845 g/mol. The third-order valence-corrected chi connectivity index (χ3v) is 13.3. The van der Waals surface area contributed by atoms with Crippen LogP contribution >= 0.6 is 11.3 Å². The minimum absolute atomic E-state index is 0.0351. The average Bonchev–Trinajstić information content (AvgIpc) is 3.79. The summed E-state index contributed by atoms with van der Waals surface area (Å²) < 4.78 is 0.877. The number of piperazine rings is 1. The molecule has 3 fully saturated rings. The van der Waals surface area contributed by atoms with Gasteiger partial charge in [0, 0.05) is 80.3 Å². The average molecular weight is 846 g/mol. The molecule has 0 spiro atoms. The second-order valence-corrected chi connectivity index (χ2v) is 17.7. The van der Waals surface area contributed by atoms with E-state index in [2.05, 4.69) is 25.8 Å². The number of benzene rings is 2. The van der Waals surface area contributed by atoms with Crippen molar-refractivity contribution in [2.45, 2.75) is 76.4 Å². The first kappa shape index (κ1) is 41.6. The molecule has 2 aromatic carbocycles. The number of hydrogen-bond donors (Lipinski definition) is 4. The van der Waals surface area contributed by atoms with Gasteiger partial charge < -0.3 is 20.6 Å². The Balaban J connectivity index is 0.804. The number of anilines is 2. The Labute approximate surface area is 356 Å². The molecule has 8 rings (SSSR count). The van der Waals surface area contributed by atoms with Gasteiger partial charge in [0.15, 0.2) is 0 Å². The summed E-state index contributed by atoms with van der Waals surface area (Å²) in [6.45, 7) is 7.51. The first-order valence-corrected chi connectivity index (χ1v) is 21.5. The molecule has 1 saturated carbocycles. The number of amides is 6. The van der Waals surface area contributed by atoms with Gasteiger partial charge in [0.25, 0.3) is 17.7 Å². The number of pyridine rings is 1. The van der Waals surface area contributed by atoms with Crippen molar-refractivity contribution in [3.05, 3.63) is 81.6 Å². The molecule has 6 amide bonds. The highest BCUT2D eigenvalue weighted by Crippen LogP contribution is 2.42. The lowest BCUT2D eigenvalue weighted by Crippen LogP contribution is -2.54. The van der Waals surface area contributed by atoms with Crippen LogP contribution in [-0.4, -0.2) is 111 Å². The molecule has 316 valence electrons. The third-order valence-electron chi connectivity index (χ3n) is 12.1. The topological polar surface area (TPSA) is 218 Å². The number of nitrogens with zero attached hydrogens (tertiary/aromatic N) is 6. The van der Waals surface area contributed by atoms with Crippen molar-refractivity contribution in [3.8, 4) is 6.07 Å². The molecule has 5 heterocycles. The van der Waals surface area contributed by atoms with Gasteiger partial charge in [-0.05, 0) is 89.2 Å². The molecule has 1 unspecified atom stereocenters. The molecule has 1 atom stereocenters. The third kappa shape index (κ3) is 8.61. The summed E-state index contributed by atoms with van der Waals surface area (Å²) in [5, 5.41) is 29.7. The van der Waals surface area contributed by atoms with Crippen LogP contribution in [0.2, 0.25) is 0 Å². The molecule has 4 N–H and O–H groups in total. The van der Waals surface area contributed by atoms with Crippen LogP contribution in [0.5, 0.6) is 0 Å². The molecule has 17 heteroatoms. The second kappa shape index (κ2) is 17.1. The standard InChI is InChI=1S/C44H47N9O7S/c1-44(2,60)30-20-33-35(21-32(30)48-38(55)28-19-25(22-45)23-46-24-28)61-40(49-33)26-7-9-27(10-8-26)41(57)52-17-15-51(16-18-52)14-4-13-47-31-6-3-5-29-37(31)43(59)53(42(29)58)34-11-12-36(54)50-39(34)56/h3,5-6,19-21,23-24,26-27,34,47,60H,4,7-18H2,1-2H3,(H,48,55)(H,50,54,56). The molecule has 3 aliphatic heterocycles. The van der Waals surface area contributed by atoms with Crippen molar-refractivity contribution in [1.29, 1.82) is 5.26 Å². The van der Waals surface area contributed by atoms with E-state index in [1.165, 1.54) is 18.5 Å². The second-order valence-electron chi connectivity index (χ2n) is 16.7. The van der Waals surface area contributed by atoms with Gasteiger partial charge >= 0.3 is 0 Å². The lowest BCUT2D eigenvalue weighted by Gasteiger charge is -2.37. The molecule has 0 radical (unpaired) electrons. The Hall–Kier alpha value is -6.09. The van der Waals surface area contributed by atoms with E-state index in [0.29, 0.717) is 36.6 Å². The van der Waals surface area contributed by atoms with Gasteiger partial charge in [-0.2, -0.15) is 5.26 Å². The number of imide groups is 2. The molecule has 0 bridgehead atoms. The normalized spacial score (nSPS) is 21.0. The quantitative estimate of drug-likeness (QED) is 0.122. The molecule has 4 aromatic rings. The Morgan fingerprint density at radius 2 is 1.75 bits per heavy atom. The molecule has 61 heavy (non-hydrogen) atoms. The van der Waals surface area contributed by atoms with Crippen molar-refractivity contribution in [3.63, 3.8) is 0 Å². The van der Waals surface area contributed by atoms with Gasteiger partial charge in [-0.15, -0.1) is 11.3 Å². The molecule has 1 aliphatic carbocycles. The fourth-order valence-corrected chi connectivity index (χ4v) is 9.98. The number of rotatable bonds is 11. The van der Waals surface area contributed by atoms with E-state index in [0.717, 1.165) is 71.9 Å². The van der Waals surface area contributed by atoms with E-state index in [1.54, 1.807) is 43.4 Å². The summed E-state index contributed by atoms with van der Waals surface area (Å²) in [5.41, 5.74) is 1.98. The molecule has 2 saturated heterocycles. The highest BCUT2D eigenvalue weighted by molar-refractivity contribution is 7.18. The highest BCUT2D eigenvalue weighted by atomic mass is 32.1. The Kier molecular flexibility index (Phi) is 11.7. The fraction of sp³-hybridized carbons (Fsp3) is 0.432. The Morgan fingerprint density at radius 1 is 0.984 bits per heavy atom. The zero-order valence-electron chi connectivity index (χ0n) is 34.0. The number of thiazole rings is 1. The molecule has 4 aliphatic rings. The number of hydrogen-bond acceptors (Lipinski definition) is 13. The number of piperidine rings is 1. The van der Waals surface area contributed by atoms with Crippen molar-refractivity contribution in [2.24, 2.45) is 5.92 Å². The van der Waals surface area contributed by atoms with Crippen LogP contribution in [0.25, 0.3) is 10.2 Å². The lowest BCUT2D eigenvalue weighted by atomic mass is 9.81. The van der Waals surface area contributed by atoms with E-state index >= 15 is 0 Å². The predicted molar refractivity (Wildman–Crippen MR) is 226 cm³/mol. The molecule has 2 aromatic heterocycles. The Morgan fingerprint density at radius 3 is 2.48 bits per heavy atom. The first-order valence-electron chi connectivity index (χ1n) is 20.7. The number of fused-ring (bicyclic) bond motifs is 2. The minimum atomic E-state index is -1.27. The van der Waals surface area contributed by atoms with Crippen LogP contribution in [0.15, 0.2) is 48.8 Å². The van der Waals surface area contributed by atoms with Gasteiger partial charge in [-0.3, -0.25) is 48.9 Å². The summed E-state index contributed by atoms with van der Waals surface area (Å²) >= 11 is 1.56. The van der Waals surface area contributed by atoms with Crippen molar-refractivity contribution >= 4 is 68.4 Å². The van der Waals surface area contributed by atoms with Crippen molar-refractivity contribution in [2.75, 3.05) is 49.9 Å². The number of aromatic nitrogens is 2. The zero-order valence-corrected chi connectivity index (χ0v) is 34.8. The van der Waals surface area contributed by atoms with E-state index in [1.807, 2.05) is 23.1 Å². The summed E-state index contributed by atoms with van der Waals surface area (Å²) in [7, 11) is 0. The van der Waals surface area contributed by atoms with Crippen molar-refractivity contribution in [1.82, 2.24) is 30.0 Å². The highest BCUT2D eigenvalue weighted by Gasteiger charge is 2.45. The molecular formula is C44H47N9O7S. The Bertz CT molecular complexity index is 2470. The van der Waals surface area contributed by atoms with Crippen LogP contribution < -0.4 is 16.0 Å². The SMILES string of the molecule is CC(C)(O)c1cc2nc(C3CCC(C(=O)N4CCN(CCCNc5cccc6c5C(=O)N(C5CCC(=O)NC5=O)C6=O)CC4)CC3)sc2cc1NC(=O)c1cncc(C#N)c1. The number of aliphatic hydroxyl groups is 1. The summed E-state index contributed by atoms with van der Waals surface area (Å²) in [5.74, 6) is -2.19. The number of carbonyl (C=O) groups excluding carboxylic acids is 6. The van der Waals surface area contributed by atoms with E-state index in [4.69, 9.17) is 4.98 Å². The van der Waals surface area contributed by atoms with Crippen LogP contribution in [-0.2, 0) is 20.0 Å². The van der Waals surface area contributed by atoms with Gasteiger partial charge in [-0.25, -0.2) is 4.98 Å². The van der Waals surface area contributed by atoms with Gasteiger partial charge in [0.1, 0.15) is 12.1 Å². The van der Waals surface area contributed by atoms with Crippen molar-refractivity contribution < 1.29 is 33.9 Å². The number of nitrogens with one attached hydrogen (secondary N) is 3. The van der Waals surface area contributed by atoms with E-state index in [-0.39, 0.29) is 52.8 Å². The van der Waals surface area contributed by atoms with Gasteiger partial charge in [0.2, 0.25) is 17.7 Å². The van der Waals surface area contributed by atoms with E-state index in [9.17, 15) is 39.1 Å². The van der Waals surface area contributed by atoms with Crippen LogP contribution in [0.4, 0.5) is 11.4 Å². The number of nitriles is 1. The first-order chi connectivity index (χ1) is 29.3. The maximum absolute atomic E-state index is 13.7. The lowest BCUT2D eigenvalue weighted by molar-refractivity contribution is -0.138. The minimum Gasteiger partial charge on any atom is -0.386 e. The van der Waals surface area contributed by atoms with Crippen LogP contribution in [0, 0.1) is 17.2 Å². The van der Waals surface area contributed by atoms with Gasteiger partial charge in [-0.1, -0.05) is 6.07 Å². The summed E-state index contributed by atoms with van der Waals surface area (Å²) in [6.07, 6.45) is 6.96. The fourth-order valence-electron chi connectivity index (χ4n) is 8.82. The zero-order chi connectivity index (χ0) is 43.0. The maximum Gasteiger partial charge on any atom is 0.264 e. The predicted octanol–water partition coefficient (Wildman–Crippen LogP) is 4.36. The molecular weight excluding hydrogens is 799 g/mol. The van der Waals surface area contributed by atoms with Crippen LogP contribution in [0.1, 0.15) is 112 Å². The number of carbonyl (C=O) groups is 6. The maximum atomic E-state index is 13.7. The summed E-state index contributed by atoms with van der Waals surface area (Å²) in [4.78, 5) is 91.7. The largest absolute Gasteiger partial charge is 0.386 e. The molecule has 16 nitrogen and oxygen atoms in total. The summed E-state index contributed by atoms with van der Waals surface area (Å²) in [6, 6.07) is 11.1. The van der Waals surface area contributed by atoms with Crippen LogP contribution in [0.3, 0.4) is 0 Å². The van der Waals surface area contributed by atoms with Gasteiger partial charge in [0.05, 0.1) is 43.1 Å². The smallest absolute Gasteiger partial charge is 0.264 e.